The van der Waals surface area contributed by atoms with Gasteiger partial charge in [-0.25, -0.2) is 0 Å². The molecular formula is C19H26N4O4. The van der Waals surface area contributed by atoms with E-state index < -0.39 is 4.92 Å². The van der Waals surface area contributed by atoms with Crippen molar-refractivity contribution in [2.45, 2.75) is 32.6 Å². The van der Waals surface area contributed by atoms with Gasteiger partial charge in [0, 0.05) is 25.1 Å². The fourth-order valence-corrected chi connectivity index (χ4v) is 3.88. The van der Waals surface area contributed by atoms with Crippen molar-refractivity contribution in [1.82, 2.24) is 9.80 Å². The predicted octanol–water partition coefficient (Wildman–Crippen LogP) is 2.18. The number of carbonyl (C=O) groups is 2. The van der Waals surface area contributed by atoms with E-state index in [0.29, 0.717) is 24.3 Å². The third-order valence-electron chi connectivity index (χ3n) is 5.50. The van der Waals surface area contributed by atoms with E-state index in [1.807, 2.05) is 9.80 Å². The number of hydrogen-bond acceptors (Lipinski definition) is 5. The minimum absolute atomic E-state index is 0.00552. The molecule has 1 aromatic carbocycles. The van der Waals surface area contributed by atoms with Gasteiger partial charge in [0.25, 0.3) is 5.69 Å². The Morgan fingerprint density at radius 3 is 2.48 bits per heavy atom. The van der Waals surface area contributed by atoms with Crippen LogP contribution in [-0.2, 0) is 9.59 Å². The summed E-state index contributed by atoms with van der Waals surface area (Å²) >= 11 is 0. The molecule has 0 atom stereocenters. The van der Waals surface area contributed by atoms with Gasteiger partial charge < -0.3 is 10.2 Å². The van der Waals surface area contributed by atoms with Crippen molar-refractivity contribution >= 4 is 23.2 Å². The number of nitrogens with zero attached hydrogens (tertiary/aromatic N) is 3. The second-order valence-electron chi connectivity index (χ2n) is 7.34. The number of benzene rings is 1. The Kier molecular flexibility index (Phi) is 6.05. The van der Waals surface area contributed by atoms with E-state index in [4.69, 9.17) is 0 Å². The first-order valence-corrected chi connectivity index (χ1v) is 9.50. The van der Waals surface area contributed by atoms with Crippen molar-refractivity contribution < 1.29 is 14.5 Å². The molecule has 2 aliphatic heterocycles. The summed E-state index contributed by atoms with van der Waals surface area (Å²) in [5, 5.41) is 13.8. The number of likely N-dealkylation sites (tertiary alicyclic amines) is 2. The lowest BCUT2D eigenvalue weighted by Crippen LogP contribution is -2.43. The second-order valence-corrected chi connectivity index (χ2v) is 7.34. The standard InChI is InChI=1S/C19H26N4O4/c1-14-16(5-4-6-17(14)23(26)27)20-18(24)13-21-11-7-15(8-12-21)19(25)22-9-2-3-10-22/h4-6,15H,2-3,7-13H2,1H3,(H,20,24). The van der Waals surface area contributed by atoms with E-state index in [1.165, 1.54) is 6.07 Å². The van der Waals surface area contributed by atoms with Crippen LogP contribution in [0.3, 0.4) is 0 Å². The minimum atomic E-state index is -0.451. The lowest BCUT2D eigenvalue weighted by Gasteiger charge is -2.32. The maximum Gasteiger partial charge on any atom is 0.274 e. The average molecular weight is 374 g/mol. The molecule has 3 rings (SSSR count). The molecule has 8 nitrogen and oxygen atoms in total. The maximum atomic E-state index is 12.5. The Hall–Kier alpha value is -2.48. The Bertz CT molecular complexity index is 722. The Morgan fingerprint density at radius 1 is 1.19 bits per heavy atom. The first-order chi connectivity index (χ1) is 13.0. The molecule has 1 aromatic rings. The van der Waals surface area contributed by atoms with Crippen molar-refractivity contribution in [1.29, 1.82) is 0 Å². The van der Waals surface area contributed by atoms with Crippen molar-refractivity contribution in [2.75, 3.05) is 38.0 Å². The number of nitro groups is 1. The van der Waals surface area contributed by atoms with E-state index in [9.17, 15) is 19.7 Å². The summed E-state index contributed by atoms with van der Waals surface area (Å²) in [5.74, 6) is 0.146. The van der Waals surface area contributed by atoms with E-state index in [1.54, 1.807) is 19.1 Å². The summed E-state index contributed by atoms with van der Waals surface area (Å²) in [6, 6.07) is 4.66. The van der Waals surface area contributed by atoms with Crippen LogP contribution in [0.25, 0.3) is 0 Å². The molecule has 27 heavy (non-hydrogen) atoms. The summed E-state index contributed by atoms with van der Waals surface area (Å²) in [4.78, 5) is 39.4. The Labute approximate surface area is 158 Å². The normalized spacial score (nSPS) is 18.5. The number of amides is 2. The molecule has 0 saturated carbocycles. The average Bonchev–Trinajstić information content (AvgIpc) is 3.18. The predicted molar refractivity (Wildman–Crippen MR) is 101 cm³/mol. The van der Waals surface area contributed by atoms with Gasteiger partial charge in [-0.2, -0.15) is 0 Å². The molecule has 2 heterocycles. The number of carbonyl (C=O) groups excluding carboxylic acids is 2. The zero-order valence-electron chi connectivity index (χ0n) is 15.6. The highest BCUT2D eigenvalue weighted by molar-refractivity contribution is 5.93. The van der Waals surface area contributed by atoms with Gasteiger partial charge in [-0.1, -0.05) is 6.07 Å². The molecular weight excluding hydrogens is 348 g/mol. The van der Waals surface area contributed by atoms with Crippen LogP contribution in [0.2, 0.25) is 0 Å². The monoisotopic (exact) mass is 374 g/mol. The van der Waals surface area contributed by atoms with Crippen LogP contribution in [-0.4, -0.2) is 59.3 Å². The number of rotatable bonds is 5. The van der Waals surface area contributed by atoms with Crippen molar-refractivity contribution in [3.63, 3.8) is 0 Å². The lowest BCUT2D eigenvalue weighted by molar-refractivity contribution is -0.385. The quantitative estimate of drug-likeness (QED) is 0.629. The van der Waals surface area contributed by atoms with Crippen molar-refractivity contribution in [3.05, 3.63) is 33.9 Å². The number of hydrogen-bond donors (Lipinski definition) is 1. The molecule has 2 fully saturated rings. The molecule has 0 radical (unpaired) electrons. The topological polar surface area (TPSA) is 95.8 Å². The largest absolute Gasteiger partial charge is 0.342 e. The maximum absolute atomic E-state index is 12.5. The van der Waals surface area contributed by atoms with Gasteiger partial charge in [0.1, 0.15) is 0 Å². The summed E-state index contributed by atoms with van der Waals surface area (Å²) < 4.78 is 0. The molecule has 1 N–H and O–H groups in total. The highest BCUT2D eigenvalue weighted by Crippen LogP contribution is 2.25. The lowest BCUT2D eigenvalue weighted by atomic mass is 9.95. The van der Waals surface area contributed by atoms with Gasteiger partial charge >= 0.3 is 0 Å². The van der Waals surface area contributed by atoms with Crippen LogP contribution in [0.4, 0.5) is 11.4 Å². The first kappa shape index (κ1) is 19.3. The van der Waals surface area contributed by atoms with Gasteiger partial charge in [0.15, 0.2) is 0 Å². The molecule has 0 bridgehead atoms. The van der Waals surface area contributed by atoms with Crippen LogP contribution in [0.15, 0.2) is 18.2 Å². The summed E-state index contributed by atoms with van der Waals surface area (Å²) in [6.07, 6.45) is 3.75. The Balaban J connectivity index is 1.49. The van der Waals surface area contributed by atoms with Gasteiger partial charge in [-0.15, -0.1) is 0 Å². The molecule has 0 aliphatic carbocycles. The molecule has 2 saturated heterocycles. The summed E-state index contributed by atoms with van der Waals surface area (Å²) in [7, 11) is 0. The molecule has 0 spiro atoms. The zero-order chi connectivity index (χ0) is 19.4. The molecule has 0 aromatic heterocycles. The van der Waals surface area contributed by atoms with E-state index >= 15 is 0 Å². The summed E-state index contributed by atoms with van der Waals surface area (Å²) in [6.45, 7) is 5.04. The molecule has 2 amide bonds. The number of nitrogens with one attached hydrogen (secondary N) is 1. The van der Waals surface area contributed by atoms with Crippen LogP contribution in [0.1, 0.15) is 31.2 Å². The van der Waals surface area contributed by atoms with Crippen molar-refractivity contribution in [2.24, 2.45) is 5.92 Å². The van der Waals surface area contributed by atoms with Crippen molar-refractivity contribution in [3.8, 4) is 0 Å². The highest BCUT2D eigenvalue weighted by Gasteiger charge is 2.30. The van der Waals surface area contributed by atoms with E-state index in [0.717, 1.165) is 38.8 Å². The minimum Gasteiger partial charge on any atom is -0.342 e. The third-order valence-corrected chi connectivity index (χ3v) is 5.50. The van der Waals surface area contributed by atoms with Gasteiger partial charge in [-0.3, -0.25) is 24.6 Å². The SMILES string of the molecule is Cc1c(NC(=O)CN2CCC(C(=O)N3CCCC3)CC2)cccc1[N+](=O)[O-]. The van der Waals surface area contributed by atoms with Crippen LogP contribution < -0.4 is 5.32 Å². The second kappa shape index (κ2) is 8.47. The van der Waals surface area contributed by atoms with E-state index in [2.05, 4.69) is 5.32 Å². The Morgan fingerprint density at radius 2 is 1.85 bits per heavy atom. The zero-order valence-corrected chi connectivity index (χ0v) is 15.6. The number of nitro benzene ring substituents is 1. The molecule has 8 heteroatoms. The van der Waals surface area contributed by atoms with Gasteiger partial charge in [-0.05, 0) is 51.8 Å². The van der Waals surface area contributed by atoms with Crippen LogP contribution in [0, 0.1) is 23.0 Å². The fourth-order valence-electron chi connectivity index (χ4n) is 3.88. The van der Waals surface area contributed by atoms with Crippen LogP contribution in [0.5, 0.6) is 0 Å². The molecule has 2 aliphatic rings. The van der Waals surface area contributed by atoms with Crippen LogP contribution >= 0.6 is 0 Å². The smallest absolute Gasteiger partial charge is 0.274 e. The number of piperidine rings is 1. The van der Waals surface area contributed by atoms with E-state index in [-0.39, 0.29) is 30.0 Å². The first-order valence-electron chi connectivity index (χ1n) is 9.50. The summed E-state index contributed by atoms with van der Waals surface area (Å²) in [5.41, 5.74) is 0.910. The fraction of sp³-hybridized carbons (Fsp3) is 0.579. The van der Waals surface area contributed by atoms with Gasteiger partial charge in [0.05, 0.1) is 22.7 Å². The molecule has 0 unspecified atom stereocenters. The highest BCUT2D eigenvalue weighted by atomic mass is 16.6. The van der Waals surface area contributed by atoms with Gasteiger partial charge in [0.2, 0.25) is 11.8 Å². The molecule has 146 valence electrons. The number of anilines is 1. The third kappa shape index (κ3) is 4.63.